The summed E-state index contributed by atoms with van der Waals surface area (Å²) in [7, 11) is 2.16. The number of likely N-dealkylation sites (tertiary alicyclic amines) is 1. The second-order valence-electron chi connectivity index (χ2n) is 8.17. The van der Waals surface area contributed by atoms with Gasteiger partial charge in [0.25, 0.3) is 0 Å². The molecule has 0 spiro atoms. The fraction of sp³-hybridized carbons (Fsp3) is 1.00. The van der Waals surface area contributed by atoms with Crippen LogP contribution >= 0.6 is 0 Å². The minimum atomic E-state index is 0.574. The first-order valence-electron chi connectivity index (χ1n) is 9.72. The lowest BCUT2D eigenvalue weighted by Gasteiger charge is -2.48. The highest BCUT2D eigenvalue weighted by Crippen LogP contribution is 2.40. The molecule has 2 atom stereocenters. The van der Waals surface area contributed by atoms with Crippen LogP contribution in [0.25, 0.3) is 0 Å². The highest BCUT2D eigenvalue weighted by Gasteiger charge is 2.38. The zero-order chi connectivity index (χ0) is 14.5. The smallest absolute Gasteiger partial charge is 0.0124 e. The van der Waals surface area contributed by atoms with E-state index < -0.39 is 0 Å². The molecule has 0 bridgehead atoms. The Morgan fingerprint density at radius 2 is 1.62 bits per heavy atom. The minimum Gasteiger partial charge on any atom is -0.319 e. The number of nitrogens with one attached hydrogen (secondary N) is 1. The molecule has 2 nitrogen and oxygen atoms in total. The van der Waals surface area contributed by atoms with Gasteiger partial charge in [0, 0.05) is 19.1 Å². The Bertz CT molecular complexity index is 305. The molecular formula is C19H36N2. The predicted molar refractivity (Wildman–Crippen MR) is 90.6 cm³/mol. The third-order valence-electron chi connectivity index (χ3n) is 6.61. The van der Waals surface area contributed by atoms with Crippen LogP contribution in [0.1, 0.15) is 77.0 Å². The molecule has 1 saturated heterocycles. The summed E-state index contributed by atoms with van der Waals surface area (Å²) in [5, 5.41) is 3.54. The van der Waals surface area contributed by atoms with Crippen molar-refractivity contribution in [3.05, 3.63) is 0 Å². The molecule has 0 amide bonds. The SMILES string of the molecule is CNCC1(CN2CCC[C@H]3CCCC[C@H]32)CCCCCC1. The predicted octanol–water partition coefficient (Wildman–Crippen LogP) is 4.20. The van der Waals surface area contributed by atoms with E-state index in [-0.39, 0.29) is 0 Å². The molecule has 3 fully saturated rings. The molecular weight excluding hydrogens is 256 g/mol. The van der Waals surface area contributed by atoms with Gasteiger partial charge in [-0.25, -0.2) is 0 Å². The average Bonchev–Trinajstić information content (AvgIpc) is 2.74. The van der Waals surface area contributed by atoms with E-state index in [1.54, 1.807) is 0 Å². The first kappa shape index (κ1) is 15.8. The van der Waals surface area contributed by atoms with Gasteiger partial charge in [0.05, 0.1) is 0 Å². The summed E-state index contributed by atoms with van der Waals surface area (Å²) < 4.78 is 0. The summed E-state index contributed by atoms with van der Waals surface area (Å²) in [6.45, 7) is 4.00. The highest BCUT2D eigenvalue weighted by molar-refractivity contribution is 4.93. The van der Waals surface area contributed by atoms with Crippen molar-refractivity contribution in [1.82, 2.24) is 10.2 Å². The number of fused-ring (bicyclic) bond motifs is 1. The molecule has 2 heteroatoms. The summed E-state index contributed by atoms with van der Waals surface area (Å²) >= 11 is 0. The Morgan fingerprint density at radius 1 is 0.905 bits per heavy atom. The average molecular weight is 293 g/mol. The Hall–Kier alpha value is -0.0800. The van der Waals surface area contributed by atoms with Crippen molar-refractivity contribution in [1.29, 1.82) is 0 Å². The molecule has 1 N–H and O–H groups in total. The van der Waals surface area contributed by atoms with Crippen LogP contribution in [0.2, 0.25) is 0 Å². The van der Waals surface area contributed by atoms with E-state index in [0.29, 0.717) is 5.41 Å². The molecule has 0 aromatic rings. The van der Waals surface area contributed by atoms with Gasteiger partial charge in [-0.05, 0) is 63.5 Å². The molecule has 21 heavy (non-hydrogen) atoms. The van der Waals surface area contributed by atoms with Crippen molar-refractivity contribution in [2.45, 2.75) is 83.1 Å². The maximum absolute atomic E-state index is 3.54. The summed E-state index contributed by atoms with van der Waals surface area (Å²) in [5.41, 5.74) is 0.574. The Labute approximate surface area is 132 Å². The molecule has 0 aromatic heterocycles. The molecule has 122 valence electrons. The van der Waals surface area contributed by atoms with Crippen molar-refractivity contribution in [2.24, 2.45) is 11.3 Å². The lowest BCUT2D eigenvalue weighted by molar-refractivity contribution is 0.0184. The Kier molecular flexibility index (Phi) is 5.61. The summed E-state index contributed by atoms with van der Waals surface area (Å²) in [4.78, 5) is 2.94. The van der Waals surface area contributed by atoms with Gasteiger partial charge >= 0.3 is 0 Å². The maximum Gasteiger partial charge on any atom is 0.0124 e. The monoisotopic (exact) mass is 292 g/mol. The molecule has 0 aromatic carbocycles. The van der Waals surface area contributed by atoms with Crippen molar-refractivity contribution in [3.8, 4) is 0 Å². The molecule has 1 aliphatic heterocycles. The van der Waals surface area contributed by atoms with Crippen LogP contribution in [-0.4, -0.2) is 37.6 Å². The van der Waals surface area contributed by atoms with Crippen LogP contribution < -0.4 is 5.32 Å². The van der Waals surface area contributed by atoms with Crippen LogP contribution in [0.15, 0.2) is 0 Å². The number of rotatable bonds is 4. The largest absolute Gasteiger partial charge is 0.319 e. The molecule has 0 unspecified atom stereocenters. The van der Waals surface area contributed by atoms with Crippen molar-refractivity contribution < 1.29 is 0 Å². The van der Waals surface area contributed by atoms with Crippen LogP contribution in [0.4, 0.5) is 0 Å². The Balaban J connectivity index is 1.68. The molecule has 3 aliphatic rings. The second kappa shape index (κ2) is 7.46. The van der Waals surface area contributed by atoms with E-state index in [4.69, 9.17) is 0 Å². The zero-order valence-corrected chi connectivity index (χ0v) is 14.2. The fourth-order valence-electron chi connectivity index (χ4n) is 5.60. The van der Waals surface area contributed by atoms with Gasteiger partial charge in [-0.1, -0.05) is 38.5 Å². The summed E-state index contributed by atoms with van der Waals surface area (Å²) in [6, 6.07) is 0.935. The Morgan fingerprint density at radius 3 is 2.38 bits per heavy atom. The second-order valence-corrected chi connectivity index (χ2v) is 8.17. The first-order valence-corrected chi connectivity index (χ1v) is 9.72. The van der Waals surface area contributed by atoms with E-state index in [2.05, 4.69) is 17.3 Å². The van der Waals surface area contributed by atoms with Gasteiger partial charge in [-0.2, -0.15) is 0 Å². The quantitative estimate of drug-likeness (QED) is 0.781. The van der Waals surface area contributed by atoms with E-state index in [1.165, 1.54) is 96.7 Å². The number of piperidine rings is 1. The van der Waals surface area contributed by atoms with Crippen LogP contribution in [0, 0.1) is 11.3 Å². The van der Waals surface area contributed by atoms with E-state index in [9.17, 15) is 0 Å². The summed E-state index contributed by atoms with van der Waals surface area (Å²) in [6.07, 6.45) is 17.7. The van der Waals surface area contributed by atoms with Crippen LogP contribution in [-0.2, 0) is 0 Å². The van der Waals surface area contributed by atoms with E-state index >= 15 is 0 Å². The van der Waals surface area contributed by atoms with E-state index in [0.717, 1.165) is 12.0 Å². The molecule has 1 heterocycles. The fourth-order valence-corrected chi connectivity index (χ4v) is 5.60. The third kappa shape index (κ3) is 3.82. The van der Waals surface area contributed by atoms with Gasteiger partial charge in [0.15, 0.2) is 0 Å². The summed E-state index contributed by atoms with van der Waals surface area (Å²) in [5.74, 6) is 1.03. The van der Waals surface area contributed by atoms with Crippen LogP contribution in [0.3, 0.4) is 0 Å². The topological polar surface area (TPSA) is 15.3 Å². The van der Waals surface area contributed by atoms with Crippen LogP contribution in [0.5, 0.6) is 0 Å². The zero-order valence-electron chi connectivity index (χ0n) is 14.2. The number of hydrogen-bond acceptors (Lipinski definition) is 2. The number of hydrogen-bond donors (Lipinski definition) is 1. The molecule has 0 radical (unpaired) electrons. The van der Waals surface area contributed by atoms with Crippen molar-refractivity contribution in [3.63, 3.8) is 0 Å². The molecule has 2 saturated carbocycles. The lowest BCUT2D eigenvalue weighted by atomic mass is 9.75. The third-order valence-corrected chi connectivity index (χ3v) is 6.61. The van der Waals surface area contributed by atoms with Gasteiger partial charge in [0.1, 0.15) is 0 Å². The normalized spacial score (nSPS) is 34.1. The van der Waals surface area contributed by atoms with E-state index in [1.807, 2.05) is 0 Å². The van der Waals surface area contributed by atoms with Crippen molar-refractivity contribution >= 4 is 0 Å². The standard InChI is InChI=1S/C19H36N2/c1-20-15-19(12-6-2-3-7-13-19)16-21-14-8-10-17-9-4-5-11-18(17)21/h17-18,20H,2-16H2,1H3/t17-,18-/m1/s1. The van der Waals surface area contributed by atoms with Crippen molar-refractivity contribution in [2.75, 3.05) is 26.7 Å². The molecule has 3 rings (SSSR count). The van der Waals surface area contributed by atoms with Gasteiger partial charge in [-0.15, -0.1) is 0 Å². The lowest BCUT2D eigenvalue weighted by Crippen LogP contribution is -2.52. The molecule has 2 aliphatic carbocycles. The highest BCUT2D eigenvalue weighted by atomic mass is 15.2. The van der Waals surface area contributed by atoms with Gasteiger partial charge < -0.3 is 5.32 Å². The number of nitrogens with zero attached hydrogens (tertiary/aromatic N) is 1. The first-order chi connectivity index (χ1) is 10.3. The van der Waals surface area contributed by atoms with Gasteiger partial charge in [-0.3, -0.25) is 4.90 Å². The minimum absolute atomic E-state index is 0.574. The maximum atomic E-state index is 3.54. The van der Waals surface area contributed by atoms with Gasteiger partial charge in [0.2, 0.25) is 0 Å².